The largest absolute Gasteiger partial charge is 1.00 e. The second-order valence-corrected chi connectivity index (χ2v) is 2.94. The van der Waals surface area contributed by atoms with E-state index in [2.05, 4.69) is 0 Å². The summed E-state index contributed by atoms with van der Waals surface area (Å²) >= 11 is 0. The smallest absolute Gasteiger partial charge is 0.550 e. The van der Waals surface area contributed by atoms with Crippen molar-refractivity contribution in [1.29, 1.82) is 0 Å². The molecule has 0 saturated heterocycles. The summed E-state index contributed by atoms with van der Waals surface area (Å²) in [6, 6.07) is 0. The van der Waals surface area contributed by atoms with Crippen molar-refractivity contribution in [1.82, 2.24) is 0 Å². The Morgan fingerprint density at radius 1 is 1.06 bits per heavy atom. The molecule has 0 aromatic heterocycles. The Balaban J connectivity index is -0.000000980. The van der Waals surface area contributed by atoms with Crippen molar-refractivity contribution in [2.24, 2.45) is 11.7 Å². The number of nitrogens with two attached hydrogens (primary N) is 1. The van der Waals surface area contributed by atoms with Crippen LogP contribution in [0.25, 0.3) is 0 Å². The maximum atomic E-state index is 10.6. The average Bonchev–Trinajstić information content (AvgIpc) is 2.10. The van der Waals surface area contributed by atoms with Crippen LogP contribution in [-0.4, -0.2) is 23.6 Å². The molecule has 1 amide bonds. The first kappa shape index (κ1) is 21.5. The van der Waals surface area contributed by atoms with Crippen LogP contribution in [0, 0.1) is 5.92 Å². The van der Waals surface area contributed by atoms with Crippen molar-refractivity contribution in [3.05, 3.63) is 0 Å². The summed E-state index contributed by atoms with van der Waals surface area (Å²) < 4.78 is 0. The van der Waals surface area contributed by atoms with Crippen molar-refractivity contribution >= 4 is 23.6 Å². The maximum absolute atomic E-state index is 10.6. The molecular formula is C8H9Li2NO6. The third kappa shape index (κ3) is 10.2. The number of primary amides is 1. The van der Waals surface area contributed by atoms with Crippen LogP contribution in [0.3, 0.4) is 0 Å². The number of carboxylic acid groups (broad SMARTS) is 2. The molecule has 0 aliphatic carbocycles. The summed E-state index contributed by atoms with van der Waals surface area (Å²) in [5.74, 6) is -6.95. The Morgan fingerprint density at radius 2 is 1.53 bits per heavy atom. The molecule has 0 rings (SSSR count). The number of Topliss-reactive ketones (excluding diaryl/α,β-unsaturated/α-hetero) is 1. The van der Waals surface area contributed by atoms with Gasteiger partial charge < -0.3 is 25.5 Å². The van der Waals surface area contributed by atoms with Gasteiger partial charge in [-0.05, 0) is 6.42 Å². The molecule has 1 atom stereocenters. The van der Waals surface area contributed by atoms with Gasteiger partial charge in [-0.15, -0.1) is 0 Å². The topological polar surface area (TPSA) is 140 Å². The van der Waals surface area contributed by atoms with Crippen molar-refractivity contribution in [2.75, 3.05) is 0 Å². The molecule has 17 heavy (non-hydrogen) atoms. The molecule has 0 aliphatic rings. The van der Waals surface area contributed by atoms with Crippen LogP contribution in [0.5, 0.6) is 0 Å². The van der Waals surface area contributed by atoms with E-state index in [9.17, 15) is 29.4 Å². The van der Waals surface area contributed by atoms with Crippen LogP contribution in [0.1, 0.15) is 19.3 Å². The fourth-order valence-electron chi connectivity index (χ4n) is 0.927. The molecule has 0 radical (unpaired) electrons. The molecule has 0 fully saturated rings. The van der Waals surface area contributed by atoms with Gasteiger partial charge in [0.1, 0.15) is 5.97 Å². The number of ketones is 1. The molecule has 9 heteroatoms. The van der Waals surface area contributed by atoms with Gasteiger partial charge in [0.25, 0.3) is 0 Å². The fraction of sp³-hybridized carbons (Fsp3) is 0.500. The second-order valence-electron chi connectivity index (χ2n) is 2.94. The van der Waals surface area contributed by atoms with Crippen LogP contribution in [0.15, 0.2) is 0 Å². The van der Waals surface area contributed by atoms with Crippen LogP contribution in [-0.2, 0) is 19.2 Å². The Hall–Kier alpha value is -0.725. The van der Waals surface area contributed by atoms with E-state index in [1.54, 1.807) is 0 Å². The molecule has 0 aromatic carbocycles. The summed E-state index contributed by atoms with van der Waals surface area (Å²) in [5, 5.41) is 20.5. The standard InChI is InChI=1S/C8H11NO6.2Li/c9-6(11)2-1-4(7(12)13)3-5(10)8(14)15;;/h4H,1-3H2,(H2,9,11)(H,12,13)(H,14,15);;/q;2*+1/p-2. The first-order valence-corrected chi connectivity index (χ1v) is 4.08. The van der Waals surface area contributed by atoms with Gasteiger partial charge >= 0.3 is 37.7 Å². The van der Waals surface area contributed by atoms with Gasteiger partial charge in [0.05, 0.1) is 0 Å². The van der Waals surface area contributed by atoms with Gasteiger partial charge in [-0.25, -0.2) is 0 Å². The van der Waals surface area contributed by atoms with E-state index in [0.29, 0.717) is 0 Å². The maximum Gasteiger partial charge on any atom is 1.00 e. The van der Waals surface area contributed by atoms with Gasteiger partial charge in [-0.3, -0.25) is 9.59 Å². The van der Waals surface area contributed by atoms with Gasteiger partial charge in [-0.2, -0.15) is 0 Å². The SMILES string of the molecule is NC(=O)CCC(CC(=O)C(=O)[O-])C(=O)[O-].[Li+].[Li+]. The molecule has 0 spiro atoms. The molecule has 1 unspecified atom stereocenters. The predicted molar refractivity (Wildman–Crippen MR) is 41.6 cm³/mol. The Labute approximate surface area is 121 Å². The quantitative estimate of drug-likeness (QED) is 0.339. The zero-order valence-electron chi connectivity index (χ0n) is 9.73. The molecule has 0 aromatic rings. The summed E-state index contributed by atoms with van der Waals surface area (Å²) in [4.78, 5) is 41.4. The molecule has 0 bridgehead atoms. The zero-order chi connectivity index (χ0) is 12.0. The number of aliphatic carboxylic acids is 2. The van der Waals surface area contributed by atoms with Gasteiger partial charge in [0, 0.05) is 24.7 Å². The number of hydrogen-bond acceptors (Lipinski definition) is 6. The minimum Gasteiger partial charge on any atom is -0.550 e. The number of hydrogen-bond donors (Lipinski definition) is 1. The van der Waals surface area contributed by atoms with Crippen LogP contribution in [0.4, 0.5) is 0 Å². The monoisotopic (exact) mass is 229 g/mol. The van der Waals surface area contributed by atoms with Crippen molar-refractivity contribution in [3.63, 3.8) is 0 Å². The molecule has 7 nitrogen and oxygen atoms in total. The Bertz CT molecular complexity index is 306. The fourth-order valence-corrected chi connectivity index (χ4v) is 0.927. The third-order valence-electron chi connectivity index (χ3n) is 1.73. The first-order valence-electron chi connectivity index (χ1n) is 4.08. The molecular weight excluding hydrogens is 220 g/mol. The average molecular weight is 229 g/mol. The molecule has 84 valence electrons. The van der Waals surface area contributed by atoms with Crippen LogP contribution >= 0.6 is 0 Å². The number of rotatable bonds is 7. The summed E-state index contributed by atoms with van der Waals surface area (Å²) in [7, 11) is 0. The first-order chi connectivity index (χ1) is 6.84. The van der Waals surface area contributed by atoms with E-state index in [4.69, 9.17) is 5.73 Å². The van der Waals surface area contributed by atoms with Crippen molar-refractivity contribution in [2.45, 2.75) is 19.3 Å². The zero-order valence-corrected chi connectivity index (χ0v) is 9.73. The summed E-state index contributed by atoms with van der Waals surface area (Å²) in [6.45, 7) is 0. The number of carboxylic acids is 2. The van der Waals surface area contributed by atoms with E-state index >= 15 is 0 Å². The van der Waals surface area contributed by atoms with Gasteiger partial charge in [0.15, 0.2) is 5.78 Å². The molecule has 0 aliphatic heterocycles. The second kappa shape index (κ2) is 10.4. The molecule has 2 N–H and O–H groups in total. The predicted octanol–water partition coefficient (Wildman–Crippen LogP) is -9.66. The minimum atomic E-state index is -1.96. The third-order valence-corrected chi connectivity index (χ3v) is 1.73. The van der Waals surface area contributed by atoms with Gasteiger partial charge in [0.2, 0.25) is 5.91 Å². The summed E-state index contributed by atoms with van der Waals surface area (Å²) in [5.41, 5.74) is 4.77. The number of carbonyl (C=O) groups excluding carboxylic acids is 4. The summed E-state index contributed by atoms with van der Waals surface area (Å²) in [6.07, 6.45) is -1.23. The van der Waals surface area contributed by atoms with Gasteiger partial charge in [-0.1, -0.05) is 0 Å². The van der Waals surface area contributed by atoms with Crippen LogP contribution < -0.4 is 53.7 Å². The van der Waals surface area contributed by atoms with E-state index in [1.165, 1.54) is 0 Å². The minimum absolute atomic E-state index is 0. The van der Waals surface area contributed by atoms with E-state index < -0.39 is 36.0 Å². The Morgan fingerprint density at radius 3 is 1.82 bits per heavy atom. The normalized spacial score (nSPS) is 10.4. The number of carbonyl (C=O) groups is 4. The van der Waals surface area contributed by atoms with Crippen LogP contribution in [0.2, 0.25) is 0 Å². The van der Waals surface area contributed by atoms with E-state index in [0.717, 1.165) is 0 Å². The van der Waals surface area contributed by atoms with E-state index in [1.807, 2.05) is 0 Å². The van der Waals surface area contributed by atoms with Crippen molar-refractivity contribution < 1.29 is 67.1 Å². The number of amides is 1. The van der Waals surface area contributed by atoms with Crippen molar-refractivity contribution in [3.8, 4) is 0 Å². The van der Waals surface area contributed by atoms with E-state index in [-0.39, 0.29) is 50.6 Å². The molecule has 0 saturated carbocycles. The molecule has 0 heterocycles. The Kier molecular flexibility index (Phi) is 13.2.